The van der Waals surface area contributed by atoms with Crippen LogP contribution in [-0.4, -0.2) is 28.7 Å². The van der Waals surface area contributed by atoms with Crippen molar-refractivity contribution in [1.29, 1.82) is 10.5 Å². The molecule has 10 rings (SSSR count). The minimum absolute atomic E-state index is 0. The minimum Gasteiger partial charge on any atom is -0.340 e. The summed E-state index contributed by atoms with van der Waals surface area (Å²) in [4.78, 5) is 17.8. The predicted octanol–water partition coefficient (Wildman–Crippen LogP) is 15.5. The van der Waals surface area contributed by atoms with E-state index < -0.39 is 0 Å². The summed E-state index contributed by atoms with van der Waals surface area (Å²) in [5.41, 5.74) is 19.2. The summed E-state index contributed by atoms with van der Waals surface area (Å²) in [5, 5.41) is 20.7. The summed E-state index contributed by atoms with van der Waals surface area (Å²) in [7, 11) is 0. The van der Waals surface area contributed by atoms with Gasteiger partial charge in [-0.1, -0.05) is 111 Å². The third kappa shape index (κ3) is 12.4. The largest absolute Gasteiger partial charge is 3.00 e. The topological polar surface area (TPSA) is 105 Å². The van der Waals surface area contributed by atoms with Crippen molar-refractivity contribution in [3.05, 3.63) is 255 Å². The molecule has 10 aromatic rings. The van der Waals surface area contributed by atoms with Gasteiger partial charge in [0.15, 0.2) is 0 Å². The number of nitriles is 2. The Morgan fingerprint density at radius 1 is 0.468 bits per heavy atom. The Balaban J connectivity index is 0.00000757. The summed E-state index contributed by atoms with van der Waals surface area (Å²) in [6.07, 6.45) is 21.9. The number of nitrogens with zero attached hydrogens (tertiary/aromatic N) is 9. The summed E-state index contributed by atoms with van der Waals surface area (Å²) < 4.78 is 6.40. The summed E-state index contributed by atoms with van der Waals surface area (Å²) in [5.74, 6) is 2.32. The van der Waals surface area contributed by atoms with Gasteiger partial charge in [0.05, 0.1) is 36.2 Å². The Morgan fingerprint density at radius 2 is 0.886 bits per heavy atom. The Hall–Kier alpha value is -8.71. The fourth-order valence-corrected chi connectivity index (χ4v) is 11.0. The van der Waals surface area contributed by atoms with Crippen LogP contribution >= 0.6 is 0 Å². The molecule has 390 valence electrons. The van der Waals surface area contributed by atoms with Crippen molar-refractivity contribution in [3.8, 4) is 63.4 Å². The van der Waals surface area contributed by atoms with Gasteiger partial charge in [0, 0.05) is 54.2 Å². The molecule has 0 N–H and O–H groups in total. The van der Waals surface area contributed by atoms with Crippen molar-refractivity contribution < 1.29 is 20.1 Å². The van der Waals surface area contributed by atoms with Crippen LogP contribution in [0.15, 0.2) is 159 Å². The molecule has 79 heavy (non-hydrogen) atoms. The van der Waals surface area contributed by atoms with Crippen molar-refractivity contribution in [2.24, 2.45) is 0 Å². The molecule has 9 nitrogen and oxygen atoms in total. The molecule has 3 aromatic heterocycles. The van der Waals surface area contributed by atoms with Crippen LogP contribution in [0.4, 0.5) is 5.69 Å². The first kappa shape index (κ1) is 55.1. The standard InChI is InChI=1S/C69H60N9.Ir/c1-48-16-11-17-49(2)64(48)76-39-36-74-68(76)59-34-32-54(61(43-59)46-70)30-28-52-20-14-21-53(42-52)29-31-55-33-35-60(44-62(55)47-71)69-75-38-41-78(69)66-51(4)19-13-25-57(66)23-10-8-6-7-9-22-56-24-12-18-50(3)65(56)77-40-37-73-67(77)58-26-15-27-63(45-58)72-5;/h11-21,24-25,27,32-33,36-45H,6-10,22-23,28-31H2,1-4H3;/q-3;+3. The van der Waals surface area contributed by atoms with E-state index in [2.05, 4.69) is 165 Å². The first-order valence-electron chi connectivity index (χ1n) is 26.9. The molecule has 0 aliphatic heterocycles. The first-order valence-corrected chi connectivity index (χ1v) is 26.9. The first-order chi connectivity index (χ1) is 38.2. The molecule has 0 fully saturated rings. The van der Waals surface area contributed by atoms with E-state index in [1.807, 2.05) is 61.3 Å². The number of benzene rings is 7. The number of para-hydroxylation sites is 3. The predicted molar refractivity (Wildman–Crippen MR) is 310 cm³/mol. The van der Waals surface area contributed by atoms with Gasteiger partial charge in [0.1, 0.15) is 5.69 Å². The van der Waals surface area contributed by atoms with Crippen molar-refractivity contribution >= 4 is 5.69 Å². The molecule has 0 saturated heterocycles. The summed E-state index contributed by atoms with van der Waals surface area (Å²) >= 11 is 0. The number of aryl methyl sites for hydroxylation is 10. The van der Waals surface area contributed by atoms with Crippen molar-refractivity contribution in [3.63, 3.8) is 0 Å². The molecular weight excluding hydrogens is 1150 g/mol. The molecule has 0 saturated carbocycles. The number of hydrogen-bond acceptors (Lipinski definition) is 5. The smallest absolute Gasteiger partial charge is 0.340 e. The minimum atomic E-state index is 0. The molecule has 0 spiro atoms. The molecule has 0 radical (unpaired) electrons. The molecule has 10 heteroatoms. The SMILES string of the molecule is [C-]#[N+]c1cc[c-]c(-c2nccn2-c2c(C)cccc2CCCCCCCc2cccc(C)c2-n2ccnc2-c2[c-]cc(CCc3cccc(CCc4c[c-]c(-c5nccn5-c5c(C)cccc5C)cc4C#N)c3)c(C#N)c2)c1.[Ir+3]. The molecule has 7 aromatic carbocycles. The van der Waals surface area contributed by atoms with Gasteiger partial charge in [-0.3, -0.25) is 19.8 Å². The summed E-state index contributed by atoms with van der Waals surface area (Å²) in [6, 6.07) is 56.3. The van der Waals surface area contributed by atoms with E-state index in [-0.39, 0.29) is 20.1 Å². The second kappa shape index (κ2) is 25.6. The third-order valence-corrected chi connectivity index (χ3v) is 14.9. The third-order valence-electron chi connectivity index (χ3n) is 14.9. The van der Waals surface area contributed by atoms with E-state index in [9.17, 15) is 10.5 Å². The zero-order valence-electron chi connectivity index (χ0n) is 45.1. The van der Waals surface area contributed by atoms with Gasteiger partial charge < -0.3 is 13.7 Å². The van der Waals surface area contributed by atoms with Crippen LogP contribution in [0.2, 0.25) is 0 Å². The Kier molecular flexibility index (Phi) is 17.9. The maximum absolute atomic E-state index is 10.5. The van der Waals surface area contributed by atoms with E-state index >= 15 is 0 Å². The monoisotopic (exact) mass is 1210 g/mol. The van der Waals surface area contributed by atoms with Gasteiger partial charge in [0.25, 0.3) is 0 Å². The maximum Gasteiger partial charge on any atom is 3.00 e. The fourth-order valence-electron chi connectivity index (χ4n) is 11.0. The number of aromatic nitrogens is 6. The number of imidazole rings is 3. The van der Waals surface area contributed by atoms with Crippen molar-refractivity contribution in [2.45, 2.75) is 98.3 Å². The van der Waals surface area contributed by atoms with E-state index in [1.165, 1.54) is 33.4 Å². The molecule has 0 aliphatic rings. The van der Waals surface area contributed by atoms with Crippen LogP contribution in [-0.2, 0) is 58.6 Å². The molecule has 0 atom stereocenters. The van der Waals surface area contributed by atoms with Gasteiger partial charge in [-0.25, -0.2) is 0 Å². The van der Waals surface area contributed by atoms with Crippen LogP contribution < -0.4 is 0 Å². The quantitative estimate of drug-likeness (QED) is 0.0558. The molecule has 0 unspecified atom stereocenters. The van der Waals surface area contributed by atoms with Crippen molar-refractivity contribution in [2.75, 3.05) is 0 Å². The Morgan fingerprint density at radius 3 is 1.35 bits per heavy atom. The maximum atomic E-state index is 10.5. The zero-order valence-corrected chi connectivity index (χ0v) is 47.5. The molecule has 0 amide bonds. The van der Waals surface area contributed by atoms with E-state index in [1.54, 1.807) is 18.3 Å². The van der Waals surface area contributed by atoms with Gasteiger partial charge >= 0.3 is 20.1 Å². The van der Waals surface area contributed by atoms with Crippen LogP contribution in [0.3, 0.4) is 0 Å². The average molecular weight is 1210 g/mol. The second-order valence-electron chi connectivity index (χ2n) is 20.2. The van der Waals surface area contributed by atoms with E-state index in [0.29, 0.717) is 29.7 Å². The van der Waals surface area contributed by atoms with Gasteiger partial charge in [0.2, 0.25) is 0 Å². The van der Waals surface area contributed by atoms with Crippen LogP contribution in [0.1, 0.15) is 98.9 Å². The van der Waals surface area contributed by atoms with Gasteiger partial charge in [-0.2, -0.15) is 16.6 Å². The number of unbranched alkanes of at least 4 members (excludes halogenated alkanes) is 4. The van der Waals surface area contributed by atoms with Crippen LogP contribution in [0.5, 0.6) is 0 Å². The van der Waals surface area contributed by atoms with Crippen LogP contribution in [0, 0.1) is 75.1 Å². The average Bonchev–Trinajstić information content (AvgIpc) is 4.35. The van der Waals surface area contributed by atoms with E-state index in [0.717, 1.165) is 131 Å². The zero-order chi connectivity index (χ0) is 54.0. The summed E-state index contributed by atoms with van der Waals surface area (Å²) in [6.45, 7) is 16.0. The van der Waals surface area contributed by atoms with Crippen LogP contribution in [0.25, 0.3) is 56.1 Å². The number of rotatable bonds is 20. The Bertz CT molecular complexity index is 3890. The molecule has 0 bridgehead atoms. The van der Waals surface area contributed by atoms with E-state index in [4.69, 9.17) is 11.6 Å². The Labute approximate surface area is 478 Å². The molecular formula is C69H60IrN9. The number of hydrogen-bond donors (Lipinski definition) is 0. The normalized spacial score (nSPS) is 10.9. The van der Waals surface area contributed by atoms with Gasteiger partial charge in [-0.05, 0) is 122 Å². The second-order valence-corrected chi connectivity index (χ2v) is 20.2. The van der Waals surface area contributed by atoms with Crippen molar-refractivity contribution in [1.82, 2.24) is 28.7 Å². The molecule has 3 heterocycles. The van der Waals surface area contributed by atoms with Gasteiger partial charge in [-0.15, -0.1) is 82.4 Å². The molecule has 0 aliphatic carbocycles. The fraction of sp³-hybridized carbons (Fsp3) is 0.217.